The first-order valence-electron chi connectivity index (χ1n) is 5.55. The van der Waals surface area contributed by atoms with E-state index in [2.05, 4.69) is 10.3 Å². The number of nitrogens with zero attached hydrogens (tertiary/aromatic N) is 1. The van der Waals surface area contributed by atoms with Crippen molar-refractivity contribution in [2.24, 2.45) is 0 Å². The van der Waals surface area contributed by atoms with Gasteiger partial charge in [0.05, 0.1) is 0 Å². The molecule has 0 saturated heterocycles. The van der Waals surface area contributed by atoms with Gasteiger partial charge < -0.3 is 10.4 Å². The number of pyridine rings is 1. The van der Waals surface area contributed by atoms with Gasteiger partial charge in [0.15, 0.2) is 0 Å². The molecular formula is C13H9ClF2N2O2. The van der Waals surface area contributed by atoms with E-state index in [4.69, 9.17) is 16.7 Å². The van der Waals surface area contributed by atoms with Gasteiger partial charge in [0.2, 0.25) is 0 Å². The Hall–Kier alpha value is -2.21. The van der Waals surface area contributed by atoms with Gasteiger partial charge >= 0.3 is 5.97 Å². The molecule has 104 valence electrons. The molecule has 0 aliphatic heterocycles. The summed E-state index contributed by atoms with van der Waals surface area (Å²) in [6.07, 6.45) is 0. The van der Waals surface area contributed by atoms with E-state index in [0.29, 0.717) is 0 Å². The highest BCUT2D eigenvalue weighted by Gasteiger charge is 2.13. The Morgan fingerprint density at radius 1 is 1.30 bits per heavy atom. The maximum Gasteiger partial charge on any atom is 0.339 e. The number of halogens is 3. The lowest BCUT2D eigenvalue weighted by atomic mass is 10.2. The van der Waals surface area contributed by atoms with Crippen molar-refractivity contribution < 1.29 is 18.7 Å². The number of hydrogen-bond donors (Lipinski definition) is 2. The average molecular weight is 299 g/mol. The van der Waals surface area contributed by atoms with Crippen LogP contribution in [-0.4, -0.2) is 16.1 Å². The molecule has 1 aromatic heterocycles. The largest absolute Gasteiger partial charge is 0.478 e. The molecule has 1 aromatic carbocycles. The Morgan fingerprint density at radius 2 is 2.05 bits per heavy atom. The van der Waals surface area contributed by atoms with Crippen molar-refractivity contribution in [3.8, 4) is 0 Å². The molecule has 20 heavy (non-hydrogen) atoms. The number of carboxylic acids is 1. The lowest BCUT2D eigenvalue weighted by molar-refractivity contribution is 0.0697. The van der Waals surface area contributed by atoms with E-state index >= 15 is 0 Å². The van der Waals surface area contributed by atoms with Crippen molar-refractivity contribution in [1.82, 2.24) is 4.98 Å². The molecule has 0 aliphatic carbocycles. The van der Waals surface area contributed by atoms with E-state index in [-0.39, 0.29) is 28.6 Å². The summed E-state index contributed by atoms with van der Waals surface area (Å²) in [5, 5.41) is 11.7. The summed E-state index contributed by atoms with van der Waals surface area (Å²) in [7, 11) is 0. The minimum Gasteiger partial charge on any atom is -0.478 e. The van der Waals surface area contributed by atoms with Crippen LogP contribution in [0.5, 0.6) is 0 Å². The molecule has 0 fully saturated rings. The number of hydrogen-bond acceptors (Lipinski definition) is 3. The lowest BCUT2D eigenvalue weighted by Gasteiger charge is -2.09. The molecule has 1 heterocycles. The second kappa shape index (κ2) is 5.83. The van der Waals surface area contributed by atoms with Gasteiger partial charge in [-0.3, -0.25) is 0 Å². The highest BCUT2D eigenvalue weighted by molar-refractivity contribution is 6.29. The average Bonchev–Trinajstić information content (AvgIpc) is 2.39. The first-order chi connectivity index (χ1) is 9.47. The van der Waals surface area contributed by atoms with Crippen LogP contribution in [0, 0.1) is 11.6 Å². The molecule has 0 saturated carbocycles. The van der Waals surface area contributed by atoms with Crippen molar-refractivity contribution in [2.45, 2.75) is 6.54 Å². The third kappa shape index (κ3) is 3.21. The molecule has 0 aliphatic rings. The number of nitrogens with one attached hydrogen (secondary N) is 1. The van der Waals surface area contributed by atoms with Gasteiger partial charge in [0.1, 0.15) is 28.2 Å². The number of benzene rings is 1. The Morgan fingerprint density at radius 3 is 2.75 bits per heavy atom. The van der Waals surface area contributed by atoms with Crippen LogP contribution in [-0.2, 0) is 6.54 Å². The Balaban J connectivity index is 2.24. The van der Waals surface area contributed by atoms with Crippen molar-refractivity contribution in [3.05, 3.63) is 58.2 Å². The quantitative estimate of drug-likeness (QED) is 0.850. The fourth-order valence-electron chi connectivity index (χ4n) is 1.60. The number of rotatable bonds is 4. The molecule has 0 spiro atoms. The topological polar surface area (TPSA) is 62.2 Å². The van der Waals surface area contributed by atoms with Crippen molar-refractivity contribution in [1.29, 1.82) is 0 Å². The zero-order valence-corrected chi connectivity index (χ0v) is 10.8. The first kappa shape index (κ1) is 14.2. The van der Waals surface area contributed by atoms with E-state index in [1.54, 1.807) is 0 Å². The highest BCUT2D eigenvalue weighted by Crippen LogP contribution is 2.18. The van der Waals surface area contributed by atoms with Crippen LogP contribution in [0.2, 0.25) is 5.15 Å². The monoisotopic (exact) mass is 298 g/mol. The maximum atomic E-state index is 13.4. The summed E-state index contributed by atoms with van der Waals surface area (Å²) in [6.45, 7) is -0.114. The summed E-state index contributed by atoms with van der Waals surface area (Å²) in [5.41, 5.74) is -0.0469. The predicted molar refractivity (Wildman–Crippen MR) is 69.9 cm³/mol. The van der Waals surface area contributed by atoms with Gasteiger partial charge in [-0.1, -0.05) is 11.6 Å². The Kier molecular flexibility index (Phi) is 4.14. The van der Waals surface area contributed by atoms with Gasteiger partial charge in [0.25, 0.3) is 0 Å². The minimum atomic E-state index is -1.20. The number of aromatic nitrogens is 1. The zero-order chi connectivity index (χ0) is 14.7. The minimum absolute atomic E-state index is 0.00587. The van der Waals surface area contributed by atoms with E-state index in [0.717, 1.165) is 18.2 Å². The lowest BCUT2D eigenvalue weighted by Crippen LogP contribution is -2.09. The molecule has 0 amide bonds. The Labute approximate surface area is 118 Å². The molecule has 4 nitrogen and oxygen atoms in total. The van der Waals surface area contributed by atoms with Crippen molar-refractivity contribution >= 4 is 23.4 Å². The molecule has 0 radical (unpaired) electrons. The van der Waals surface area contributed by atoms with E-state index in [1.165, 1.54) is 12.1 Å². The highest BCUT2D eigenvalue weighted by atomic mass is 35.5. The van der Waals surface area contributed by atoms with E-state index < -0.39 is 17.6 Å². The predicted octanol–water partition coefficient (Wildman–Crippen LogP) is 3.32. The van der Waals surface area contributed by atoms with Crippen LogP contribution in [0.4, 0.5) is 14.6 Å². The second-order valence-corrected chi connectivity index (χ2v) is 4.31. The summed E-state index contributed by atoms with van der Waals surface area (Å²) in [4.78, 5) is 14.8. The smallest absolute Gasteiger partial charge is 0.339 e. The van der Waals surface area contributed by atoms with Gasteiger partial charge in [-0.25, -0.2) is 18.6 Å². The number of aromatic carboxylic acids is 1. The number of carbonyl (C=O) groups is 1. The SMILES string of the molecule is O=C(O)c1ccc(Cl)nc1NCc1cc(F)ccc1F. The van der Waals surface area contributed by atoms with Gasteiger partial charge in [0, 0.05) is 12.1 Å². The van der Waals surface area contributed by atoms with E-state index in [1.807, 2.05) is 0 Å². The Bertz CT molecular complexity index is 665. The van der Waals surface area contributed by atoms with Crippen LogP contribution in [0.3, 0.4) is 0 Å². The third-order valence-corrected chi connectivity index (χ3v) is 2.76. The van der Waals surface area contributed by atoms with Crippen LogP contribution in [0.15, 0.2) is 30.3 Å². The number of anilines is 1. The van der Waals surface area contributed by atoms with Crippen molar-refractivity contribution in [3.63, 3.8) is 0 Å². The summed E-state index contributed by atoms with van der Waals surface area (Å²) in [5.74, 6) is -2.39. The molecule has 0 atom stereocenters. The molecule has 2 aromatic rings. The van der Waals surface area contributed by atoms with Gasteiger partial charge in [-0.05, 0) is 30.3 Å². The summed E-state index contributed by atoms with van der Waals surface area (Å²) in [6, 6.07) is 5.63. The zero-order valence-electron chi connectivity index (χ0n) is 10.0. The molecular weight excluding hydrogens is 290 g/mol. The maximum absolute atomic E-state index is 13.4. The van der Waals surface area contributed by atoms with Crippen LogP contribution < -0.4 is 5.32 Å². The first-order valence-corrected chi connectivity index (χ1v) is 5.93. The molecule has 0 bridgehead atoms. The van der Waals surface area contributed by atoms with Crippen LogP contribution >= 0.6 is 11.6 Å². The second-order valence-electron chi connectivity index (χ2n) is 3.92. The van der Waals surface area contributed by atoms with E-state index in [9.17, 15) is 13.6 Å². The summed E-state index contributed by atoms with van der Waals surface area (Å²) >= 11 is 5.68. The fourth-order valence-corrected chi connectivity index (χ4v) is 1.75. The molecule has 0 unspecified atom stereocenters. The third-order valence-electron chi connectivity index (χ3n) is 2.55. The molecule has 7 heteroatoms. The van der Waals surface area contributed by atoms with Crippen molar-refractivity contribution in [2.75, 3.05) is 5.32 Å². The normalized spacial score (nSPS) is 10.3. The van der Waals surface area contributed by atoms with Gasteiger partial charge in [-0.15, -0.1) is 0 Å². The molecule has 2 rings (SSSR count). The van der Waals surface area contributed by atoms with Crippen LogP contribution in [0.25, 0.3) is 0 Å². The van der Waals surface area contributed by atoms with Crippen LogP contribution in [0.1, 0.15) is 15.9 Å². The fraction of sp³-hybridized carbons (Fsp3) is 0.0769. The number of carboxylic acid groups (broad SMARTS) is 1. The standard InChI is InChI=1S/C13H9ClF2N2O2/c14-11-4-2-9(13(19)20)12(18-11)17-6-7-5-8(15)1-3-10(7)16/h1-5H,6H2,(H,17,18)(H,19,20). The van der Waals surface area contributed by atoms with Gasteiger partial charge in [-0.2, -0.15) is 0 Å². The molecule has 2 N–H and O–H groups in total. The summed E-state index contributed by atoms with van der Waals surface area (Å²) < 4.78 is 26.5.